The lowest BCUT2D eigenvalue weighted by atomic mass is 9.48. The Bertz CT molecular complexity index is 2590. The van der Waals surface area contributed by atoms with Crippen molar-refractivity contribution in [1.82, 2.24) is 9.05 Å². The molecule has 0 atom stereocenters. The van der Waals surface area contributed by atoms with Crippen LogP contribution in [0.1, 0.15) is 11.1 Å². The lowest BCUT2D eigenvalue weighted by Crippen LogP contribution is -2.53. The molecule has 3 heterocycles. The number of aryl methyl sites for hydroxylation is 2. The summed E-state index contributed by atoms with van der Waals surface area (Å²) in [5.74, 6) is 0. The number of aromatic nitrogens is 2. The Labute approximate surface area is 249 Å². The summed E-state index contributed by atoms with van der Waals surface area (Å²) in [4.78, 5) is 0. The molecule has 7 aromatic carbocycles. The summed E-state index contributed by atoms with van der Waals surface area (Å²) >= 11 is 0. The first kappa shape index (κ1) is 23.3. The number of nitrogens with zero attached hydrogens (tertiary/aromatic N) is 2. The average Bonchev–Trinajstić information content (AvgIpc) is 3.58. The Morgan fingerprint density at radius 3 is 1.81 bits per heavy atom. The van der Waals surface area contributed by atoms with Crippen LogP contribution in [0.2, 0.25) is 0 Å². The molecule has 0 radical (unpaired) electrons. The molecule has 0 aliphatic carbocycles. The number of hydrogen-bond donors (Lipinski definition) is 0. The molecule has 9 aromatic rings. The maximum atomic E-state index is 2.66. The second kappa shape index (κ2) is 8.17. The van der Waals surface area contributed by atoms with E-state index in [4.69, 9.17) is 0 Å². The van der Waals surface area contributed by atoms with E-state index in [1.165, 1.54) is 92.9 Å². The van der Waals surface area contributed by atoms with E-state index in [0.29, 0.717) is 0 Å². The number of para-hydroxylation sites is 3. The minimum absolute atomic E-state index is 0.0218. The molecule has 3 heteroatoms. The molecule has 0 saturated carbocycles. The molecule has 0 saturated heterocycles. The summed E-state index contributed by atoms with van der Waals surface area (Å²) < 4.78 is 5.22. The second-order valence-electron chi connectivity index (χ2n) is 12.2. The highest BCUT2D eigenvalue weighted by atomic mass is 15.0. The van der Waals surface area contributed by atoms with Gasteiger partial charge in [-0.3, -0.25) is 0 Å². The predicted octanol–water partition coefficient (Wildman–Crippen LogP) is 8.78. The molecule has 2 aromatic heterocycles. The number of rotatable bonds is 1. The molecule has 1 aliphatic heterocycles. The lowest BCUT2D eigenvalue weighted by molar-refractivity contribution is 1.18. The summed E-state index contributed by atoms with van der Waals surface area (Å²) in [5, 5.41) is 10.5. The van der Waals surface area contributed by atoms with Crippen molar-refractivity contribution >= 4 is 82.9 Å². The summed E-state index contributed by atoms with van der Waals surface area (Å²) in [6, 6.07) is 47.5. The molecule has 0 bridgehead atoms. The monoisotopic (exact) mass is 546 g/mol. The van der Waals surface area contributed by atoms with E-state index in [1.54, 1.807) is 0 Å². The van der Waals surface area contributed by atoms with E-state index in [-0.39, 0.29) is 6.85 Å². The maximum Gasteiger partial charge on any atom is 0.332 e. The van der Waals surface area contributed by atoms with Crippen LogP contribution in [0.15, 0.2) is 127 Å². The molecule has 0 unspecified atom stereocenters. The third-order valence-corrected chi connectivity index (χ3v) is 9.95. The van der Waals surface area contributed by atoms with Crippen LogP contribution < -0.4 is 10.9 Å². The van der Waals surface area contributed by atoms with Gasteiger partial charge in [-0.25, -0.2) is 0 Å². The van der Waals surface area contributed by atoms with Crippen molar-refractivity contribution in [1.29, 1.82) is 0 Å². The van der Waals surface area contributed by atoms with Gasteiger partial charge >= 0.3 is 6.85 Å². The van der Waals surface area contributed by atoms with E-state index in [0.717, 1.165) is 0 Å². The Hall–Kier alpha value is -5.28. The van der Waals surface area contributed by atoms with E-state index in [2.05, 4.69) is 150 Å². The fourth-order valence-electron chi connectivity index (χ4n) is 8.27. The highest BCUT2D eigenvalue weighted by Gasteiger charge is 2.37. The quantitative estimate of drug-likeness (QED) is 0.182. The van der Waals surface area contributed by atoms with Gasteiger partial charge in [0.15, 0.2) is 0 Å². The van der Waals surface area contributed by atoms with Crippen molar-refractivity contribution in [2.24, 2.45) is 0 Å². The van der Waals surface area contributed by atoms with Gasteiger partial charge in [-0.15, -0.1) is 0 Å². The highest BCUT2D eigenvalue weighted by molar-refractivity contribution is 6.88. The van der Waals surface area contributed by atoms with Crippen LogP contribution in [0.5, 0.6) is 0 Å². The van der Waals surface area contributed by atoms with Crippen molar-refractivity contribution in [2.45, 2.75) is 13.8 Å². The van der Waals surface area contributed by atoms with Crippen molar-refractivity contribution in [3.8, 4) is 5.69 Å². The molecular weight excluding hydrogens is 519 g/mol. The minimum atomic E-state index is 0.0218. The number of hydrogen-bond acceptors (Lipinski definition) is 0. The van der Waals surface area contributed by atoms with E-state index in [1.807, 2.05) is 0 Å². The van der Waals surface area contributed by atoms with E-state index >= 15 is 0 Å². The fourth-order valence-corrected chi connectivity index (χ4v) is 8.27. The van der Waals surface area contributed by atoms with Gasteiger partial charge < -0.3 is 9.05 Å². The zero-order chi connectivity index (χ0) is 28.4. The van der Waals surface area contributed by atoms with Crippen molar-refractivity contribution < 1.29 is 0 Å². The second-order valence-corrected chi connectivity index (χ2v) is 12.2. The van der Waals surface area contributed by atoms with Crippen molar-refractivity contribution in [3.63, 3.8) is 0 Å². The zero-order valence-electron chi connectivity index (χ0n) is 24.1. The standard InChI is InChI=1S/C40H27BN2/c1-24-11-9-17-30-31-18-10-12-25(2)39(31)43(38(24)30)41-32-19-7-8-20-34(32)42-35-22-21-26-13-3-5-15-28(26)36(35)37-29-16-6-4-14-27(29)23-33(41)40(37)42/h3-23H,1-2H3. The van der Waals surface area contributed by atoms with Crippen LogP contribution in [-0.2, 0) is 0 Å². The van der Waals surface area contributed by atoms with Gasteiger partial charge in [-0.1, -0.05) is 115 Å². The number of fused-ring (bicyclic) bond motifs is 12. The van der Waals surface area contributed by atoms with E-state index < -0.39 is 0 Å². The Morgan fingerprint density at radius 1 is 0.465 bits per heavy atom. The van der Waals surface area contributed by atoms with Crippen LogP contribution in [0.4, 0.5) is 0 Å². The summed E-state index contributed by atoms with van der Waals surface area (Å²) in [7, 11) is 0. The normalized spacial score (nSPS) is 12.8. The molecule has 200 valence electrons. The third-order valence-electron chi connectivity index (χ3n) is 9.95. The zero-order valence-corrected chi connectivity index (χ0v) is 24.1. The topological polar surface area (TPSA) is 9.86 Å². The summed E-state index contributed by atoms with van der Waals surface area (Å²) in [5.41, 5.74) is 11.8. The predicted molar refractivity (Wildman–Crippen MR) is 185 cm³/mol. The molecule has 0 amide bonds. The van der Waals surface area contributed by atoms with Crippen LogP contribution in [0.25, 0.3) is 70.8 Å². The summed E-state index contributed by atoms with van der Waals surface area (Å²) in [6.07, 6.45) is 0. The Morgan fingerprint density at radius 2 is 1.07 bits per heavy atom. The molecule has 0 N–H and O–H groups in total. The smallest absolute Gasteiger partial charge is 0.332 e. The molecule has 0 fully saturated rings. The van der Waals surface area contributed by atoms with Gasteiger partial charge in [0, 0.05) is 38.3 Å². The average molecular weight is 546 g/mol. The summed E-state index contributed by atoms with van der Waals surface area (Å²) in [6.45, 7) is 4.55. The lowest BCUT2D eigenvalue weighted by Gasteiger charge is -2.29. The number of benzene rings is 7. The molecule has 10 rings (SSSR count). The molecule has 2 nitrogen and oxygen atoms in total. The van der Waals surface area contributed by atoms with Crippen molar-refractivity contribution in [2.75, 3.05) is 0 Å². The fraction of sp³-hybridized carbons (Fsp3) is 0.0500. The highest BCUT2D eigenvalue weighted by Crippen LogP contribution is 2.42. The van der Waals surface area contributed by atoms with Gasteiger partial charge in [0.05, 0.1) is 11.0 Å². The van der Waals surface area contributed by atoms with Crippen LogP contribution >= 0.6 is 0 Å². The van der Waals surface area contributed by atoms with Gasteiger partial charge in [0.2, 0.25) is 0 Å². The first-order valence-corrected chi connectivity index (χ1v) is 15.2. The third kappa shape index (κ3) is 2.85. The molecule has 0 spiro atoms. The molecule has 1 aliphatic rings. The first-order chi connectivity index (χ1) is 21.2. The maximum absolute atomic E-state index is 2.66. The SMILES string of the molecule is Cc1cccc2c3cccc(C)c3n(B3c4ccccc4-n4c5ccc6ccccc6c5c5c6ccccc6cc3c54)c12. The van der Waals surface area contributed by atoms with Gasteiger partial charge in [-0.05, 0) is 69.6 Å². The van der Waals surface area contributed by atoms with Crippen molar-refractivity contribution in [3.05, 3.63) is 139 Å². The molecule has 43 heavy (non-hydrogen) atoms. The Balaban J connectivity index is 1.51. The minimum Gasteiger partial charge on any atom is -0.375 e. The molecular formula is C40H27BN2. The van der Waals surface area contributed by atoms with Gasteiger partial charge in [0.1, 0.15) is 0 Å². The van der Waals surface area contributed by atoms with E-state index in [9.17, 15) is 0 Å². The van der Waals surface area contributed by atoms with Gasteiger partial charge in [-0.2, -0.15) is 0 Å². The Kier molecular flexibility index (Phi) is 4.43. The van der Waals surface area contributed by atoms with Crippen LogP contribution in [0, 0.1) is 13.8 Å². The van der Waals surface area contributed by atoms with Gasteiger partial charge in [0.25, 0.3) is 0 Å². The first-order valence-electron chi connectivity index (χ1n) is 15.2. The van der Waals surface area contributed by atoms with Crippen LogP contribution in [0.3, 0.4) is 0 Å². The largest absolute Gasteiger partial charge is 0.375 e. The van der Waals surface area contributed by atoms with Crippen LogP contribution in [-0.4, -0.2) is 15.9 Å².